The summed E-state index contributed by atoms with van der Waals surface area (Å²) >= 11 is 1.52. The number of fused-ring (bicyclic) bond motifs is 1. The fourth-order valence-corrected chi connectivity index (χ4v) is 2.28. The first kappa shape index (κ1) is 9.30. The molecule has 0 bridgehead atoms. The molecule has 0 unspecified atom stereocenters. The Balaban J connectivity index is 2.10. The summed E-state index contributed by atoms with van der Waals surface area (Å²) in [7, 11) is 0. The standard InChI is InChI=1S/C12H8N2OS/c15-12(9-2-4-16-7-9)10-5-8-1-3-13-6-11(8)14-10/h1-7,14H. The highest BCUT2D eigenvalue weighted by molar-refractivity contribution is 7.08. The van der Waals surface area contributed by atoms with Crippen molar-refractivity contribution < 1.29 is 4.79 Å². The Bertz CT molecular complexity index is 607. The van der Waals surface area contributed by atoms with E-state index in [2.05, 4.69) is 9.97 Å². The molecule has 3 aromatic heterocycles. The van der Waals surface area contributed by atoms with Crippen molar-refractivity contribution in [1.82, 2.24) is 9.97 Å². The molecule has 0 aliphatic carbocycles. The van der Waals surface area contributed by atoms with Gasteiger partial charge in [-0.1, -0.05) is 0 Å². The van der Waals surface area contributed by atoms with Crippen molar-refractivity contribution >= 4 is 28.0 Å². The molecule has 0 spiro atoms. The van der Waals surface area contributed by atoms with Gasteiger partial charge >= 0.3 is 0 Å². The van der Waals surface area contributed by atoms with Crippen molar-refractivity contribution in [2.45, 2.75) is 0 Å². The molecule has 0 radical (unpaired) electrons. The van der Waals surface area contributed by atoms with E-state index in [9.17, 15) is 4.79 Å². The predicted octanol–water partition coefficient (Wildman–Crippen LogP) is 2.86. The summed E-state index contributed by atoms with van der Waals surface area (Å²) in [6, 6.07) is 5.57. The van der Waals surface area contributed by atoms with Gasteiger partial charge < -0.3 is 4.98 Å². The van der Waals surface area contributed by atoms with Crippen molar-refractivity contribution in [2.75, 3.05) is 0 Å². The average Bonchev–Trinajstić information content (AvgIpc) is 2.97. The lowest BCUT2D eigenvalue weighted by Crippen LogP contribution is -1.99. The van der Waals surface area contributed by atoms with Crippen LogP contribution in [0.3, 0.4) is 0 Å². The van der Waals surface area contributed by atoms with Crippen LogP contribution in [0, 0.1) is 0 Å². The molecule has 0 aliphatic heterocycles. The molecule has 78 valence electrons. The zero-order valence-corrected chi connectivity index (χ0v) is 9.12. The fourth-order valence-electron chi connectivity index (χ4n) is 1.64. The van der Waals surface area contributed by atoms with Gasteiger partial charge in [0, 0.05) is 22.5 Å². The number of hydrogen-bond donors (Lipinski definition) is 1. The summed E-state index contributed by atoms with van der Waals surface area (Å²) in [4.78, 5) is 19.1. The molecule has 16 heavy (non-hydrogen) atoms. The number of hydrogen-bond acceptors (Lipinski definition) is 3. The number of ketones is 1. The summed E-state index contributed by atoms with van der Waals surface area (Å²) < 4.78 is 0. The van der Waals surface area contributed by atoms with Crippen molar-refractivity contribution in [3.63, 3.8) is 0 Å². The lowest BCUT2D eigenvalue weighted by molar-refractivity contribution is 0.103. The number of aromatic amines is 1. The third-order valence-electron chi connectivity index (χ3n) is 2.45. The molecule has 0 fully saturated rings. The van der Waals surface area contributed by atoms with Crippen LogP contribution in [-0.4, -0.2) is 15.8 Å². The second-order valence-corrected chi connectivity index (χ2v) is 4.27. The number of carbonyl (C=O) groups excluding carboxylic acids is 1. The number of nitrogens with zero attached hydrogens (tertiary/aromatic N) is 1. The Hall–Kier alpha value is -1.94. The minimum atomic E-state index is 0.0254. The Kier molecular flexibility index (Phi) is 2.08. The summed E-state index contributed by atoms with van der Waals surface area (Å²) in [5.41, 5.74) is 2.23. The zero-order chi connectivity index (χ0) is 11.0. The van der Waals surface area contributed by atoms with Crippen LogP contribution in [0.15, 0.2) is 41.4 Å². The molecule has 0 saturated carbocycles. The van der Waals surface area contributed by atoms with Crippen molar-refractivity contribution in [1.29, 1.82) is 0 Å². The number of aromatic nitrogens is 2. The summed E-state index contributed by atoms with van der Waals surface area (Å²) in [6.45, 7) is 0. The molecule has 3 aromatic rings. The minimum Gasteiger partial charge on any atom is -0.351 e. The van der Waals surface area contributed by atoms with E-state index in [0.29, 0.717) is 5.69 Å². The Morgan fingerprint density at radius 2 is 2.31 bits per heavy atom. The second-order valence-electron chi connectivity index (χ2n) is 3.49. The van der Waals surface area contributed by atoms with Gasteiger partial charge in [0.05, 0.1) is 17.4 Å². The molecule has 3 rings (SSSR count). The molecule has 0 aromatic carbocycles. The number of rotatable bonds is 2. The SMILES string of the molecule is O=C(c1ccsc1)c1cc2ccncc2[nH]1. The van der Waals surface area contributed by atoms with Crippen LogP contribution in [0.4, 0.5) is 0 Å². The van der Waals surface area contributed by atoms with E-state index in [1.54, 1.807) is 12.4 Å². The number of thiophene rings is 1. The molecule has 3 heterocycles. The van der Waals surface area contributed by atoms with Crippen LogP contribution in [0.1, 0.15) is 16.1 Å². The van der Waals surface area contributed by atoms with Gasteiger partial charge in [-0.2, -0.15) is 11.3 Å². The lowest BCUT2D eigenvalue weighted by Gasteiger charge is -1.92. The zero-order valence-electron chi connectivity index (χ0n) is 8.31. The second kappa shape index (κ2) is 3.57. The normalized spacial score (nSPS) is 10.8. The largest absolute Gasteiger partial charge is 0.351 e. The number of carbonyl (C=O) groups is 1. The van der Waals surface area contributed by atoms with E-state index in [4.69, 9.17) is 0 Å². The third kappa shape index (κ3) is 1.44. The Morgan fingerprint density at radius 1 is 1.38 bits per heavy atom. The highest BCUT2D eigenvalue weighted by atomic mass is 32.1. The van der Waals surface area contributed by atoms with E-state index in [1.165, 1.54) is 11.3 Å². The molecule has 0 aliphatic rings. The van der Waals surface area contributed by atoms with Crippen molar-refractivity contribution in [3.05, 3.63) is 52.6 Å². The molecular weight excluding hydrogens is 220 g/mol. The first-order valence-corrected chi connectivity index (χ1v) is 5.78. The fraction of sp³-hybridized carbons (Fsp3) is 0. The van der Waals surface area contributed by atoms with Gasteiger partial charge in [-0.3, -0.25) is 9.78 Å². The highest BCUT2D eigenvalue weighted by Gasteiger charge is 2.11. The molecule has 3 nitrogen and oxygen atoms in total. The van der Waals surface area contributed by atoms with Gasteiger partial charge in [0.1, 0.15) is 0 Å². The van der Waals surface area contributed by atoms with E-state index >= 15 is 0 Å². The van der Waals surface area contributed by atoms with Gasteiger partial charge in [-0.25, -0.2) is 0 Å². The maximum Gasteiger partial charge on any atom is 0.210 e. The topological polar surface area (TPSA) is 45.8 Å². The molecule has 4 heteroatoms. The quantitative estimate of drug-likeness (QED) is 0.685. The van der Waals surface area contributed by atoms with Crippen LogP contribution >= 0.6 is 11.3 Å². The van der Waals surface area contributed by atoms with Gasteiger partial charge in [0.15, 0.2) is 0 Å². The molecule has 0 saturated heterocycles. The van der Waals surface area contributed by atoms with E-state index in [1.807, 2.05) is 29.0 Å². The molecule has 1 N–H and O–H groups in total. The van der Waals surface area contributed by atoms with Gasteiger partial charge in [-0.15, -0.1) is 0 Å². The minimum absolute atomic E-state index is 0.0254. The summed E-state index contributed by atoms with van der Waals surface area (Å²) in [6.07, 6.45) is 3.44. The highest BCUT2D eigenvalue weighted by Crippen LogP contribution is 2.17. The van der Waals surface area contributed by atoms with Crippen molar-refractivity contribution in [2.24, 2.45) is 0 Å². The van der Waals surface area contributed by atoms with Gasteiger partial charge in [0.2, 0.25) is 5.78 Å². The van der Waals surface area contributed by atoms with Crippen LogP contribution in [0.5, 0.6) is 0 Å². The van der Waals surface area contributed by atoms with Gasteiger partial charge in [-0.05, 0) is 23.6 Å². The summed E-state index contributed by atoms with van der Waals surface area (Å²) in [5, 5.41) is 4.76. The molecule has 0 amide bonds. The van der Waals surface area contributed by atoms with Gasteiger partial charge in [0.25, 0.3) is 0 Å². The maximum atomic E-state index is 12.0. The average molecular weight is 228 g/mol. The van der Waals surface area contributed by atoms with E-state index in [0.717, 1.165) is 16.5 Å². The van der Waals surface area contributed by atoms with E-state index < -0.39 is 0 Å². The third-order valence-corrected chi connectivity index (χ3v) is 3.14. The number of nitrogens with one attached hydrogen (secondary N) is 1. The predicted molar refractivity (Wildman–Crippen MR) is 63.8 cm³/mol. The monoisotopic (exact) mass is 228 g/mol. The summed E-state index contributed by atoms with van der Waals surface area (Å²) in [5.74, 6) is 0.0254. The Labute approximate surface area is 95.8 Å². The van der Waals surface area contributed by atoms with Crippen LogP contribution < -0.4 is 0 Å². The smallest absolute Gasteiger partial charge is 0.210 e. The Morgan fingerprint density at radius 3 is 3.06 bits per heavy atom. The van der Waals surface area contributed by atoms with Crippen LogP contribution in [0.25, 0.3) is 10.9 Å². The lowest BCUT2D eigenvalue weighted by atomic mass is 10.1. The maximum absolute atomic E-state index is 12.0. The van der Waals surface area contributed by atoms with Crippen molar-refractivity contribution in [3.8, 4) is 0 Å². The first-order valence-electron chi connectivity index (χ1n) is 4.84. The number of H-pyrrole nitrogens is 1. The van der Waals surface area contributed by atoms with E-state index in [-0.39, 0.29) is 5.78 Å². The van der Waals surface area contributed by atoms with Crippen LogP contribution in [0.2, 0.25) is 0 Å². The molecule has 0 atom stereocenters. The molecular formula is C12H8N2OS. The number of pyridine rings is 1. The van der Waals surface area contributed by atoms with Crippen LogP contribution in [-0.2, 0) is 0 Å². The first-order chi connectivity index (χ1) is 7.84.